The summed E-state index contributed by atoms with van der Waals surface area (Å²) in [5.74, 6) is 5.87. The molecule has 0 saturated carbocycles. The van der Waals surface area contributed by atoms with Gasteiger partial charge in [-0.05, 0) is 30.2 Å². The van der Waals surface area contributed by atoms with Crippen molar-refractivity contribution < 1.29 is 17.7 Å². The van der Waals surface area contributed by atoms with Crippen LogP contribution in [-0.4, -0.2) is 27.7 Å². The molecule has 0 bridgehead atoms. The number of halogens is 1. The molecular formula is C24H19FN4O3. The van der Waals surface area contributed by atoms with Crippen LogP contribution in [0.3, 0.4) is 0 Å². The quantitative estimate of drug-likeness (QED) is 0.428. The summed E-state index contributed by atoms with van der Waals surface area (Å²) in [5.41, 5.74) is 1.44. The molecule has 0 N–H and O–H groups in total. The van der Waals surface area contributed by atoms with E-state index in [1.165, 1.54) is 24.5 Å². The van der Waals surface area contributed by atoms with Gasteiger partial charge >= 0.3 is 5.69 Å². The Morgan fingerprint density at radius 1 is 1.19 bits per heavy atom. The Balaban J connectivity index is 1.72. The molecule has 1 aliphatic heterocycles. The second-order valence-electron chi connectivity index (χ2n) is 7.20. The van der Waals surface area contributed by atoms with E-state index in [1.807, 2.05) is 6.07 Å². The summed E-state index contributed by atoms with van der Waals surface area (Å²) in [6.45, 7) is -0.329. The van der Waals surface area contributed by atoms with Crippen molar-refractivity contribution in [3.63, 3.8) is 0 Å². The molecule has 32 heavy (non-hydrogen) atoms. The van der Waals surface area contributed by atoms with Gasteiger partial charge in [0.25, 0.3) is 0 Å². The summed E-state index contributed by atoms with van der Waals surface area (Å²) < 4.78 is 49.9. The minimum absolute atomic E-state index is 0.0209. The minimum atomic E-state index is -2.82. The maximum Gasteiger partial charge on any atom is 0.349 e. The summed E-state index contributed by atoms with van der Waals surface area (Å²) in [7, 11) is 0. The van der Waals surface area contributed by atoms with Crippen molar-refractivity contribution in [2.75, 3.05) is 18.1 Å². The molecule has 5 rings (SSSR count). The SMILES string of the molecule is [2H]C([2H])([2H])n1c(=O)nc(N2CCOCc3c(C#Cc4coc(C)n4)cccc32)c2c(F)cccc21. The number of benzene rings is 2. The summed E-state index contributed by atoms with van der Waals surface area (Å²) in [5, 5.41) is -0.0642. The Labute approximate surface area is 187 Å². The van der Waals surface area contributed by atoms with E-state index < -0.39 is 18.5 Å². The molecule has 7 nitrogen and oxygen atoms in total. The molecule has 2 aromatic heterocycles. The third-order valence-corrected chi connectivity index (χ3v) is 5.20. The Kier molecular flexibility index (Phi) is 4.15. The second-order valence-corrected chi connectivity index (χ2v) is 7.20. The predicted molar refractivity (Wildman–Crippen MR) is 117 cm³/mol. The number of aromatic nitrogens is 3. The van der Waals surface area contributed by atoms with Crippen molar-refractivity contribution in [3.8, 4) is 11.8 Å². The number of fused-ring (bicyclic) bond motifs is 2. The number of oxazole rings is 1. The molecule has 0 radical (unpaired) electrons. The zero-order valence-electron chi connectivity index (χ0n) is 20.1. The van der Waals surface area contributed by atoms with Crippen LogP contribution >= 0.6 is 0 Å². The molecule has 3 heterocycles. The van der Waals surface area contributed by atoms with Crippen LogP contribution in [0, 0.1) is 24.6 Å². The largest absolute Gasteiger partial charge is 0.448 e. The molecule has 4 aromatic rings. The monoisotopic (exact) mass is 433 g/mol. The fourth-order valence-electron chi connectivity index (χ4n) is 3.73. The molecule has 0 saturated heterocycles. The summed E-state index contributed by atoms with van der Waals surface area (Å²) >= 11 is 0. The standard InChI is InChI=1S/C24H19FN4O3/c1-15-26-17(13-32-15)10-9-16-5-3-7-20-18(16)14-31-12-11-29(20)23-22-19(25)6-4-8-21(22)28(2)24(30)27-23/h3-8,13H,11-12,14H2,1-2H3/i2D3. The van der Waals surface area contributed by atoms with Crippen LogP contribution in [0.25, 0.3) is 10.9 Å². The Hall–Kier alpha value is -3.96. The topological polar surface area (TPSA) is 73.4 Å². The molecule has 0 aliphatic carbocycles. The van der Waals surface area contributed by atoms with E-state index in [0.29, 0.717) is 27.4 Å². The van der Waals surface area contributed by atoms with Crippen molar-refractivity contribution in [2.45, 2.75) is 13.5 Å². The third-order valence-electron chi connectivity index (χ3n) is 5.20. The number of hydrogen-bond acceptors (Lipinski definition) is 6. The van der Waals surface area contributed by atoms with Gasteiger partial charge in [0.05, 0.1) is 24.1 Å². The van der Waals surface area contributed by atoms with Crippen LogP contribution in [-0.2, 0) is 18.3 Å². The van der Waals surface area contributed by atoms with Crippen molar-refractivity contribution in [1.82, 2.24) is 14.5 Å². The van der Waals surface area contributed by atoms with E-state index in [9.17, 15) is 4.79 Å². The number of aryl methyl sites for hydroxylation is 2. The van der Waals surface area contributed by atoms with E-state index in [1.54, 1.807) is 24.0 Å². The van der Waals surface area contributed by atoms with Crippen molar-refractivity contribution in [3.05, 3.63) is 81.7 Å². The van der Waals surface area contributed by atoms with Crippen LogP contribution < -0.4 is 10.6 Å². The average Bonchev–Trinajstić information content (AvgIpc) is 3.09. The van der Waals surface area contributed by atoms with Gasteiger partial charge in [-0.15, -0.1) is 0 Å². The van der Waals surface area contributed by atoms with Gasteiger partial charge in [-0.3, -0.25) is 4.57 Å². The maximum atomic E-state index is 15.1. The van der Waals surface area contributed by atoms with E-state index in [4.69, 9.17) is 13.3 Å². The lowest BCUT2D eigenvalue weighted by Gasteiger charge is -2.25. The summed E-state index contributed by atoms with van der Waals surface area (Å²) in [4.78, 5) is 22.7. The second kappa shape index (κ2) is 7.94. The van der Waals surface area contributed by atoms with Crippen LogP contribution in [0.5, 0.6) is 0 Å². The van der Waals surface area contributed by atoms with Crippen molar-refractivity contribution >= 4 is 22.4 Å². The lowest BCUT2D eigenvalue weighted by atomic mass is 10.0. The van der Waals surface area contributed by atoms with Crippen LogP contribution in [0.2, 0.25) is 0 Å². The van der Waals surface area contributed by atoms with Gasteiger partial charge in [-0.25, -0.2) is 14.2 Å². The minimum Gasteiger partial charge on any atom is -0.448 e. The highest BCUT2D eigenvalue weighted by molar-refractivity contribution is 5.92. The lowest BCUT2D eigenvalue weighted by molar-refractivity contribution is 0.133. The number of ether oxygens (including phenoxy) is 1. The summed E-state index contributed by atoms with van der Waals surface area (Å²) in [6, 6.07) is 9.38. The van der Waals surface area contributed by atoms with Crippen LogP contribution in [0.15, 0.2) is 51.9 Å². The normalized spacial score (nSPS) is 15.2. The summed E-state index contributed by atoms with van der Waals surface area (Å²) in [6.07, 6.45) is 1.46. The number of anilines is 2. The molecule has 0 fully saturated rings. The first kappa shape index (κ1) is 16.7. The van der Waals surface area contributed by atoms with Gasteiger partial charge in [0.15, 0.2) is 17.4 Å². The molecule has 8 heteroatoms. The molecule has 0 atom stereocenters. The first-order chi connectivity index (χ1) is 16.7. The fourth-order valence-corrected chi connectivity index (χ4v) is 3.73. The van der Waals surface area contributed by atoms with E-state index >= 15 is 4.39 Å². The Morgan fingerprint density at radius 3 is 2.88 bits per heavy atom. The zero-order chi connectivity index (χ0) is 24.7. The van der Waals surface area contributed by atoms with E-state index in [-0.39, 0.29) is 36.5 Å². The predicted octanol–water partition coefficient (Wildman–Crippen LogP) is 3.44. The smallest absolute Gasteiger partial charge is 0.349 e. The molecule has 0 unspecified atom stereocenters. The van der Waals surface area contributed by atoms with Gasteiger partial charge in [0.2, 0.25) is 0 Å². The number of nitrogens with zero attached hydrogens (tertiary/aromatic N) is 4. The van der Waals surface area contributed by atoms with Gasteiger partial charge < -0.3 is 14.1 Å². The average molecular weight is 433 g/mol. The van der Waals surface area contributed by atoms with Crippen molar-refractivity contribution in [1.29, 1.82) is 0 Å². The van der Waals surface area contributed by atoms with E-state index in [2.05, 4.69) is 21.8 Å². The van der Waals surface area contributed by atoms with E-state index in [0.717, 1.165) is 5.56 Å². The highest BCUT2D eigenvalue weighted by atomic mass is 19.1. The highest BCUT2D eigenvalue weighted by Gasteiger charge is 2.24. The maximum absolute atomic E-state index is 15.1. The zero-order valence-corrected chi connectivity index (χ0v) is 17.1. The number of hydrogen-bond donors (Lipinski definition) is 0. The molecular weight excluding hydrogens is 411 g/mol. The third kappa shape index (κ3) is 3.43. The fraction of sp³-hybridized carbons (Fsp3) is 0.208. The molecule has 0 amide bonds. The van der Waals surface area contributed by atoms with Gasteiger partial charge in [0.1, 0.15) is 12.1 Å². The number of rotatable bonds is 1. The van der Waals surface area contributed by atoms with Crippen LogP contribution in [0.4, 0.5) is 15.9 Å². The highest BCUT2D eigenvalue weighted by Crippen LogP contribution is 2.35. The van der Waals surface area contributed by atoms with Gasteiger partial charge in [-0.2, -0.15) is 4.98 Å². The van der Waals surface area contributed by atoms with Crippen LogP contribution in [0.1, 0.15) is 26.8 Å². The first-order valence-corrected chi connectivity index (χ1v) is 9.87. The molecule has 0 spiro atoms. The lowest BCUT2D eigenvalue weighted by Crippen LogP contribution is -2.28. The van der Waals surface area contributed by atoms with Gasteiger partial charge in [-0.1, -0.05) is 18.1 Å². The molecule has 1 aliphatic rings. The molecule has 2 aromatic carbocycles. The molecule has 160 valence electrons. The first-order valence-electron chi connectivity index (χ1n) is 11.4. The Bertz CT molecular complexity index is 1570. The van der Waals surface area contributed by atoms with Gasteiger partial charge in [0, 0.05) is 41.4 Å². The Morgan fingerprint density at radius 2 is 2.06 bits per heavy atom. The van der Waals surface area contributed by atoms with Crippen molar-refractivity contribution in [2.24, 2.45) is 6.98 Å².